The van der Waals surface area contributed by atoms with Gasteiger partial charge in [-0.05, 0) is 35.8 Å². The summed E-state index contributed by atoms with van der Waals surface area (Å²) < 4.78 is 23.8. The van der Waals surface area contributed by atoms with Gasteiger partial charge in [-0.1, -0.05) is 42.5 Å². The minimum absolute atomic E-state index is 0.0591. The van der Waals surface area contributed by atoms with E-state index in [0.717, 1.165) is 25.2 Å². The Morgan fingerprint density at radius 2 is 1.74 bits per heavy atom. The van der Waals surface area contributed by atoms with Gasteiger partial charge in [0, 0.05) is 24.2 Å². The molecule has 2 aliphatic rings. The number of carbonyl (C=O) groups excluding carboxylic acids is 1. The molecule has 0 saturated carbocycles. The Hall–Kier alpha value is -2.44. The molecule has 0 spiro atoms. The van der Waals surface area contributed by atoms with Gasteiger partial charge in [-0.2, -0.15) is 0 Å². The van der Waals surface area contributed by atoms with Gasteiger partial charge in [0.15, 0.2) is 9.84 Å². The van der Waals surface area contributed by atoms with E-state index < -0.39 is 15.9 Å². The van der Waals surface area contributed by atoms with E-state index >= 15 is 0 Å². The van der Waals surface area contributed by atoms with Crippen LogP contribution in [-0.4, -0.2) is 44.1 Å². The first-order valence-corrected chi connectivity index (χ1v) is 10.8. The second kappa shape index (κ2) is 7.29. The van der Waals surface area contributed by atoms with Gasteiger partial charge < -0.3 is 4.90 Å². The average molecular weight is 382 g/mol. The molecule has 2 heterocycles. The van der Waals surface area contributed by atoms with E-state index in [4.69, 9.17) is 0 Å². The second-order valence-electron chi connectivity index (χ2n) is 7.05. The minimum atomic E-state index is -3.24. The topological polar surface area (TPSA) is 57.7 Å². The van der Waals surface area contributed by atoms with E-state index in [0.29, 0.717) is 0 Å². The molecule has 2 aliphatic heterocycles. The molecule has 4 rings (SSSR count). The molecule has 0 saturated heterocycles. The lowest BCUT2D eigenvalue weighted by Gasteiger charge is -2.33. The molecule has 27 heavy (non-hydrogen) atoms. The zero-order chi connectivity index (χ0) is 18.9. The van der Waals surface area contributed by atoms with Gasteiger partial charge in [-0.15, -0.1) is 0 Å². The van der Waals surface area contributed by atoms with Crippen LogP contribution in [0.25, 0.3) is 0 Å². The predicted octanol–water partition coefficient (Wildman–Crippen LogP) is 2.39. The maximum absolute atomic E-state index is 13.2. The Kier molecular flexibility index (Phi) is 4.85. The molecular weight excluding hydrogens is 360 g/mol. The summed E-state index contributed by atoms with van der Waals surface area (Å²) in [6, 6.07) is 17.2. The summed E-state index contributed by atoms with van der Waals surface area (Å²) in [6.45, 7) is 1.83. The van der Waals surface area contributed by atoms with Gasteiger partial charge in [0.25, 0.3) is 0 Å². The minimum Gasteiger partial charge on any atom is -0.303 e. The summed E-state index contributed by atoms with van der Waals surface area (Å²) in [5.74, 6) is -0.136. The van der Waals surface area contributed by atoms with E-state index in [9.17, 15) is 13.2 Å². The van der Waals surface area contributed by atoms with Crippen LogP contribution in [0.1, 0.15) is 11.1 Å². The molecule has 1 atom stereocenters. The Labute approximate surface area is 159 Å². The smallest absolute Gasteiger partial charge is 0.241 e. The number of rotatable bonds is 4. The van der Waals surface area contributed by atoms with Crippen LogP contribution in [0.5, 0.6) is 0 Å². The molecule has 0 radical (unpaired) electrons. The summed E-state index contributed by atoms with van der Waals surface area (Å²) in [4.78, 5) is 16.9. The van der Waals surface area contributed by atoms with Crippen LogP contribution >= 0.6 is 0 Å². The first-order chi connectivity index (χ1) is 13.0. The number of anilines is 1. The van der Waals surface area contributed by atoms with Crippen LogP contribution in [0.4, 0.5) is 5.69 Å². The highest BCUT2D eigenvalue weighted by molar-refractivity contribution is 7.94. The van der Waals surface area contributed by atoms with E-state index in [1.165, 1.54) is 16.5 Å². The summed E-state index contributed by atoms with van der Waals surface area (Å²) in [5.41, 5.74) is 3.32. The van der Waals surface area contributed by atoms with Crippen molar-refractivity contribution in [3.8, 4) is 0 Å². The van der Waals surface area contributed by atoms with Gasteiger partial charge in [-0.25, -0.2) is 8.42 Å². The Morgan fingerprint density at radius 3 is 2.44 bits per heavy atom. The van der Waals surface area contributed by atoms with Gasteiger partial charge in [-0.3, -0.25) is 9.69 Å². The maximum atomic E-state index is 13.2. The first-order valence-electron chi connectivity index (χ1n) is 9.09. The number of para-hydroxylation sites is 1. The van der Waals surface area contributed by atoms with Crippen LogP contribution in [-0.2, 0) is 27.6 Å². The second-order valence-corrected chi connectivity index (χ2v) is 8.99. The van der Waals surface area contributed by atoms with Crippen molar-refractivity contribution < 1.29 is 13.2 Å². The molecule has 0 aliphatic carbocycles. The van der Waals surface area contributed by atoms with Gasteiger partial charge in [0.2, 0.25) is 5.91 Å². The third-order valence-corrected chi connectivity index (χ3v) is 6.49. The number of carbonyl (C=O) groups is 1. The number of hydrogen-bond acceptors (Lipinski definition) is 4. The van der Waals surface area contributed by atoms with Crippen molar-refractivity contribution in [2.24, 2.45) is 0 Å². The summed E-state index contributed by atoms with van der Waals surface area (Å²) in [6.07, 6.45) is 2.54. The number of nitrogens with zero attached hydrogens (tertiary/aromatic N) is 2. The zero-order valence-corrected chi connectivity index (χ0v) is 15.8. The van der Waals surface area contributed by atoms with E-state index in [-0.39, 0.29) is 18.2 Å². The fraction of sp³-hybridized carbons (Fsp3) is 0.286. The summed E-state index contributed by atoms with van der Waals surface area (Å²) in [7, 11) is -3.24. The maximum Gasteiger partial charge on any atom is 0.241 e. The van der Waals surface area contributed by atoms with Crippen molar-refractivity contribution in [1.29, 1.82) is 0 Å². The molecule has 2 aromatic rings. The predicted molar refractivity (Wildman–Crippen MR) is 106 cm³/mol. The fourth-order valence-corrected chi connectivity index (χ4v) is 5.05. The monoisotopic (exact) mass is 382 g/mol. The van der Waals surface area contributed by atoms with Gasteiger partial charge >= 0.3 is 0 Å². The van der Waals surface area contributed by atoms with Crippen molar-refractivity contribution >= 4 is 21.4 Å². The normalized spacial score (nSPS) is 21.0. The lowest BCUT2D eigenvalue weighted by Crippen LogP contribution is -2.47. The lowest BCUT2D eigenvalue weighted by atomic mass is 10.00. The van der Waals surface area contributed by atoms with Crippen LogP contribution in [0.2, 0.25) is 0 Å². The van der Waals surface area contributed by atoms with Crippen molar-refractivity contribution in [3.05, 3.63) is 77.2 Å². The largest absolute Gasteiger partial charge is 0.303 e. The van der Waals surface area contributed by atoms with Crippen LogP contribution in [0.15, 0.2) is 66.1 Å². The molecule has 0 bridgehead atoms. The number of sulfone groups is 1. The fourth-order valence-electron chi connectivity index (χ4n) is 3.79. The third-order valence-electron chi connectivity index (χ3n) is 5.11. The van der Waals surface area contributed by atoms with Crippen LogP contribution in [0.3, 0.4) is 0 Å². The number of benzene rings is 2. The molecule has 5 nitrogen and oxygen atoms in total. The number of fused-ring (bicyclic) bond motifs is 1. The number of hydrogen-bond donors (Lipinski definition) is 0. The molecule has 0 N–H and O–H groups in total. The summed E-state index contributed by atoms with van der Waals surface area (Å²) in [5, 5.41) is 1.22. The van der Waals surface area contributed by atoms with Crippen LogP contribution < -0.4 is 4.90 Å². The van der Waals surface area contributed by atoms with Crippen molar-refractivity contribution in [3.63, 3.8) is 0 Å². The molecule has 0 aromatic heterocycles. The third kappa shape index (κ3) is 3.96. The van der Waals surface area contributed by atoms with Crippen LogP contribution in [0, 0.1) is 0 Å². The van der Waals surface area contributed by atoms with Crippen molar-refractivity contribution in [2.75, 3.05) is 23.7 Å². The first kappa shape index (κ1) is 17.9. The standard InChI is InChI=1S/C21H22N2O3S/c24-21(15-22-12-10-17-6-4-5-7-18(17)14-22)23(19-8-2-1-3-9-19)20-11-13-27(25,26)16-20/h1-9,11,13,20H,10,12,14-16H2/t20-/m0/s1. The highest BCUT2D eigenvalue weighted by Gasteiger charge is 2.32. The molecule has 1 amide bonds. The lowest BCUT2D eigenvalue weighted by molar-refractivity contribution is -0.120. The Morgan fingerprint density at radius 1 is 1.04 bits per heavy atom. The molecule has 0 unspecified atom stereocenters. The molecular formula is C21H22N2O3S. The quantitative estimate of drug-likeness (QED) is 0.815. The van der Waals surface area contributed by atoms with Gasteiger partial charge in [0.1, 0.15) is 0 Å². The molecule has 6 heteroatoms. The zero-order valence-electron chi connectivity index (χ0n) is 15.0. The highest BCUT2D eigenvalue weighted by atomic mass is 32.2. The van der Waals surface area contributed by atoms with E-state index in [1.807, 2.05) is 42.5 Å². The molecule has 140 valence electrons. The van der Waals surface area contributed by atoms with Crippen molar-refractivity contribution in [1.82, 2.24) is 4.90 Å². The highest BCUT2D eigenvalue weighted by Crippen LogP contribution is 2.24. The van der Waals surface area contributed by atoms with Gasteiger partial charge in [0.05, 0.1) is 18.3 Å². The van der Waals surface area contributed by atoms with E-state index in [2.05, 4.69) is 17.0 Å². The molecule has 0 fully saturated rings. The average Bonchev–Trinajstić information content (AvgIpc) is 3.02. The summed E-state index contributed by atoms with van der Waals surface area (Å²) >= 11 is 0. The number of amides is 1. The SMILES string of the molecule is O=C(CN1CCc2ccccc2C1)N(c1ccccc1)[C@H]1C=CS(=O)(=O)C1. The van der Waals surface area contributed by atoms with Crippen molar-refractivity contribution in [2.45, 2.75) is 19.0 Å². The Balaban J connectivity index is 1.54. The Bertz CT molecular complexity index is 970. The van der Waals surface area contributed by atoms with E-state index in [1.54, 1.807) is 11.0 Å². The molecule has 2 aromatic carbocycles.